The number of rotatable bonds is 4. The lowest BCUT2D eigenvalue weighted by molar-refractivity contribution is 0.411. The van der Waals surface area contributed by atoms with Gasteiger partial charge in [0.05, 0.1) is 5.39 Å². The van der Waals surface area contributed by atoms with E-state index in [1.165, 1.54) is 23.7 Å². The topological polar surface area (TPSA) is 53.1 Å². The highest BCUT2D eigenvalue weighted by molar-refractivity contribution is 9.10. The van der Waals surface area contributed by atoms with Crippen LogP contribution in [0, 0.1) is 18.6 Å². The van der Waals surface area contributed by atoms with Crippen molar-refractivity contribution >= 4 is 44.6 Å². The summed E-state index contributed by atoms with van der Waals surface area (Å²) in [7, 11) is 0. The Hall–Kier alpha value is -2.58. The van der Waals surface area contributed by atoms with Crippen molar-refractivity contribution in [3.63, 3.8) is 0 Å². The molecule has 0 unspecified atom stereocenters. The quantitative estimate of drug-likeness (QED) is 0.361. The van der Waals surface area contributed by atoms with Gasteiger partial charge in [-0.3, -0.25) is 3.97 Å². The molecule has 0 aliphatic heterocycles. The molecule has 142 valence electrons. The number of pyridine rings is 1. The summed E-state index contributed by atoms with van der Waals surface area (Å²) in [4.78, 5) is 5.43. The number of nitrogens with two attached hydrogens (primary N) is 1. The van der Waals surface area contributed by atoms with Gasteiger partial charge in [-0.2, -0.15) is 0 Å². The highest BCUT2D eigenvalue weighted by Crippen LogP contribution is 2.39. The number of nitrogen functional groups attached to an aromatic ring is 1. The number of fused-ring (bicyclic) bond motifs is 1. The van der Waals surface area contributed by atoms with E-state index in [4.69, 9.17) is 10.5 Å². The molecule has 0 saturated carbocycles. The van der Waals surface area contributed by atoms with Crippen molar-refractivity contribution in [1.82, 2.24) is 8.96 Å². The SMILES string of the molecule is Cc1ccc(Sn2cc(Br)c3c(Oc4c(F)cc(N)cc4F)ccnc32)cc1. The molecule has 0 bridgehead atoms. The molecular formula is C20H14BrF2N3OS. The van der Waals surface area contributed by atoms with Crippen LogP contribution in [0.2, 0.25) is 0 Å². The lowest BCUT2D eigenvalue weighted by Crippen LogP contribution is -1.96. The van der Waals surface area contributed by atoms with Crippen LogP contribution >= 0.6 is 27.9 Å². The third-order valence-electron chi connectivity index (χ3n) is 4.03. The maximum Gasteiger partial charge on any atom is 0.198 e. The van der Waals surface area contributed by atoms with Gasteiger partial charge in [-0.25, -0.2) is 13.8 Å². The summed E-state index contributed by atoms with van der Waals surface area (Å²) < 4.78 is 36.4. The van der Waals surface area contributed by atoms with E-state index in [-0.39, 0.29) is 11.4 Å². The molecule has 0 amide bonds. The molecule has 2 heterocycles. The number of ether oxygens (including phenoxy) is 1. The van der Waals surface area contributed by atoms with Crippen LogP contribution in [0.4, 0.5) is 14.5 Å². The van der Waals surface area contributed by atoms with Crippen LogP contribution in [0.25, 0.3) is 11.0 Å². The summed E-state index contributed by atoms with van der Waals surface area (Å²) in [5.41, 5.74) is 7.23. The maximum atomic E-state index is 14.1. The molecule has 2 N–H and O–H groups in total. The third-order valence-corrected chi connectivity index (χ3v) is 5.59. The minimum atomic E-state index is -0.868. The van der Waals surface area contributed by atoms with Gasteiger partial charge in [-0.15, -0.1) is 0 Å². The van der Waals surface area contributed by atoms with Crippen LogP contribution in [0.3, 0.4) is 0 Å². The maximum absolute atomic E-state index is 14.1. The summed E-state index contributed by atoms with van der Waals surface area (Å²) >= 11 is 4.97. The predicted molar refractivity (Wildman–Crippen MR) is 111 cm³/mol. The van der Waals surface area contributed by atoms with Gasteiger partial charge in [0.1, 0.15) is 5.75 Å². The van der Waals surface area contributed by atoms with Crippen LogP contribution in [-0.2, 0) is 0 Å². The van der Waals surface area contributed by atoms with Crippen molar-refractivity contribution in [1.29, 1.82) is 0 Å². The van der Waals surface area contributed by atoms with Gasteiger partial charge in [0, 0.05) is 39.6 Å². The van der Waals surface area contributed by atoms with Gasteiger partial charge in [0.2, 0.25) is 0 Å². The molecule has 0 radical (unpaired) electrons. The number of benzene rings is 2. The van der Waals surface area contributed by atoms with Crippen molar-refractivity contribution in [2.45, 2.75) is 11.8 Å². The lowest BCUT2D eigenvalue weighted by atomic mass is 10.2. The van der Waals surface area contributed by atoms with E-state index < -0.39 is 17.4 Å². The van der Waals surface area contributed by atoms with E-state index in [1.54, 1.807) is 6.07 Å². The molecule has 28 heavy (non-hydrogen) atoms. The van der Waals surface area contributed by atoms with Crippen LogP contribution in [-0.4, -0.2) is 8.96 Å². The average molecular weight is 462 g/mol. The number of anilines is 1. The first-order valence-corrected chi connectivity index (χ1v) is 9.82. The normalized spacial score (nSPS) is 11.1. The fourth-order valence-corrected chi connectivity index (χ4v) is 4.29. The van der Waals surface area contributed by atoms with Gasteiger partial charge >= 0.3 is 0 Å². The molecule has 8 heteroatoms. The largest absolute Gasteiger partial charge is 0.450 e. The Kier molecular flexibility index (Phi) is 4.99. The smallest absolute Gasteiger partial charge is 0.198 e. The molecule has 0 aliphatic carbocycles. The van der Waals surface area contributed by atoms with Gasteiger partial charge in [0.15, 0.2) is 23.0 Å². The van der Waals surface area contributed by atoms with Crippen LogP contribution in [0.5, 0.6) is 11.5 Å². The Morgan fingerprint density at radius 1 is 1.11 bits per heavy atom. The fraction of sp³-hybridized carbons (Fsp3) is 0.0500. The Balaban J connectivity index is 1.75. The molecule has 4 rings (SSSR count). The predicted octanol–water partition coefficient (Wildman–Crippen LogP) is 6.32. The first-order chi connectivity index (χ1) is 13.4. The van der Waals surface area contributed by atoms with Gasteiger partial charge in [-0.05, 0) is 53.0 Å². The molecule has 0 spiro atoms. The van der Waals surface area contributed by atoms with Crippen LogP contribution in [0.15, 0.2) is 64.2 Å². The third kappa shape index (κ3) is 3.57. The number of aromatic nitrogens is 2. The summed E-state index contributed by atoms with van der Waals surface area (Å²) in [5.74, 6) is -1.96. The van der Waals surface area contributed by atoms with E-state index >= 15 is 0 Å². The molecule has 2 aromatic heterocycles. The zero-order chi connectivity index (χ0) is 19.8. The van der Waals surface area contributed by atoms with E-state index in [2.05, 4.69) is 20.9 Å². The zero-order valence-corrected chi connectivity index (χ0v) is 17.0. The second-order valence-electron chi connectivity index (χ2n) is 6.13. The number of hydrogen-bond acceptors (Lipinski definition) is 4. The molecule has 4 nitrogen and oxygen atoms in total. The number of hydrogen-bond donors (Lipinski definition) is 1. The van der Waals surface area contributed by atoms with Gasteiger partial charge in [0.25, 0.3) is 0 Å². The Bertz CT molecular complexity index is 1160. The molecular weight excluding hydrogens is 448 g/mol. The molecule has 0 saturated heterocycles. The minimum absolute atomic E-state index is 0.0101. The van der Waals surface area contributed by atoms with E-state index in [0.29, 0.717) is 15.5 Å². The van der Waals surface area contributed by atoms with Gasteiger partial charge in [-0.1, -0.05) is 17.7 Å². The zero-order valence-electron chi connectivity index (χ0n) is 14.6. The average Bonchev–Trinajstić information content (AvgIpc) is 2.96. The molecule has 0 fully saturated rings. The number of aryl methyl sites for hydroxylation is 1. The first-order valence-electron chi connectivity index (χ1n) is 8.25. The fourth-order valence-electron chi connectivity index (χ4n) is 2.71. The van der Waals surface area contributed by atoms with Crippen molar-refractivity contribution < 1.29 is 13.5 Å². The first kappa shape index (κ1) is 18.8. The lowest BCUT2D eigenvalue weighted by Gasteiger charge is -2.10. The summed E-state index contributed by atoms with van der Waals surface area (Å²) in [6, 6.07) is 11.7. The summed E-state index contributed by atoms with van der Waals surface area (Å²) in [5, 5.41) is 0.609. The summed E-state index contributed by atoms with van der Waals surface area (Å²) in [6.07, 6.45) is 3.37. The van der Waals surface area contributed by atoms with Crippen molar-refractivity contribution in [3.8, 4) is 11.5 Å². The van der Waals surface area contributed by atoms with Crippen LogP contribution < -0.4 is 10.5 Å². The minimum Gasteiger partial charge on any atom is -0.450 e. The van der Waals surface area contributed by atoms with Crippen molar-refractivity contribution in [2.75, 3.05) is 5.73 Å². The van der Waals surface area contributed by atoms with Crippen molar-refractivity contribution in [3.05, 3.63) is 76.5 Å². The highest BCUT2D eigenvalue weighted by Gasteiger charge is 2.18. The number of halogens is 3. The van der Waals surface area contributed by atoms with E-state index in [1.807, 2.05) is 41.4 Å². The molecule has 2 aromatic carbocycles. The van der Waals surface area contributed by atoms with E-state index in [0.717, 1.165) is 17.0 Å². The van der Waals surface area contributed by atoms with E-state index in [9.17, 15) is 8.78 Å². The van der Waals surface area contributed by atoms with Crippen LogP contribution in [0.1, 0.15) is 5.56 Å². The second-order valence-corrected chi connectivity index (χ2v) is 8.03. The Morgan fingerprint density at radius 2 is 1.79 bits per heavy atom. The second kappa shape index (κ2) is 7.44. The molecule has 0 aliphatic rings. The summed E-state index contributed by atoms with van der Waals surface area (Å²) in [6.45, 7) is 2.02. The number of nitrogens with zero attached hydrogens (tertiary/aromatic N) is 2. The van der Waals surface area contributed by atoms with Crippen molar-refractivity contribution in [2.24, 2.45) is 0 Å². The van der Waals surface area contributed by atoms with Gasteiger partial charge < -0.3 is 10.5 Å². The molecule has 4 aromatic rings. The monoisotopic (exact) mass is 461 g/mol. The highest BCUT2D eigenvalue weighted by atomic mass is 79.9. The Labute approximate surface area is 172 Å². The Morgan fingerprint density at radius 3 is 2.46 bits per heavy atom. The molecule has 0 atom stereocenters. The standard InChI is InChI=1S/C20H14BrF2N3OS/c1-11-2-4-13(5-3-11)28-26-10-14(21)18-17(6-7-25-20(18)26)27-19-15(22)8-12(24)9-16(19)23/h2-10H,24H2,1H3.